The fourth-order valence-corrected chi connectivity index (χ4v) is 2.96. The van der Waals surface area contributed by atoms with Crippen molar-refractivity contribution in [3.05, 3.63) is 63.7 Å². The quantitative estimate of drug-likeness (QED) is 0.567. The van der Waals surface area contributed by atoms with Gasteiger partial charge in [-0.05, 0) is 55.0 Å². The number of hydrogen-bond donors (Lipinski definition) is 1. The molecule has 2 aromatic rings. The van der Waals surface area contributed by atoms with Crippen molar-refractivity contribution in [2.45, 2.75) is 25.8 Å². The third-order valence-corrected chi connectivity index (χ3v) is 4.55. The van der Waals surface area contributed by atoms with E-state index in [0.717, 1.165) is 29.7 Å². The van der Waals surface area contributed by atoms with Crippen molar-refractivity contribution in [2.75, 3.05) is 13.7 Å². The van der Waals surface area contributed by atoms with E-state index in [0.29, 0.717) is 5.92 Å². The van der Waals surface area contributed by atoms with E-state index in [2.05, 4.69) is 5.32 Å². The van der Waals surface area contributed by atoms with Crippen molar-refractivity contribution in [1.82, 2.24) is 5.32 Å². The molecule has 0 spiro atoms. The maximum Gasteiger partial charge on any atom is 0.311 e. The number of rotatable bonds is 8. The van der Waals surface area contributed by atoms with Crippen LogP contribution in [-0.4, -0.2) is 24.5 Å². The van der Waals surface area contributed by atoms with Crippen LogP contribution >= 0.6 is 0 Å². The molecule has 1 saturated carbocycles. The van der Waals surface area contributed by atoms with Gasteiger partial charge in [-0.25, -0.2) is 0 Å². The van der Waals surface area contributed by atoms with Gasteiger partial charge in [-0.2, -0.15) is 0 Å². The monoisotopic (exact) mass is 370 g/mol. The first-order valence-corrected chi connectivity index (χ1v) is 8.79. The number of nitro benzene ring substituents is 1. The summed E-state index contributed by atoms with van der Waals surface area (Å²) < 4.78 is 10.6. The lowest BCUT2D eigenvalue weighted by molar-refractivity contribution is -0.385. The van der Waals surface area contributed by atoms with Gasteiger partial charge in [0.05, 0.1) is 18.1 Å². The normalized spacial score (nSPS) is 14.3. The molecule has 1 amide bonds. The van der Waals surface area contributed by atoms with Crippen LogP contribution in [0.5, 0.6) is 11.5 Å². The molecule has 3 rings (SSSR count). The molecule has 1 aliphatic carbocycles. The van der Waals surface area contributed by atoms with Crippen molar-refractivity contribution < 1.29 is 19.2 Å². The van der Waals surface area contributed by atoms with E-state index >= 15 is 0 Å². The van der Waals surface area contributed by atoms with E-state index in [1.165, 1.54) is 12.1 Å². The lowest BCUT2D eigenvalue weighted by Crippen LogP contribution is -2.33. The molecule has 7 nitrogen and oxygen atoms in total. The largest absolute Gasteiger partial charge is 0.497 e. The molecule has 0 aromatic heterocycles. The molecule has 142 valence electrons. The van der Waals surface area contributed by atoms with Crippen LogP contribution in [0.15, 0.2) is 42.5 Å². The fraction of sp³-hybridized carbons (Fsp3) is 0.350. The van der Waals surface area contributed by atoms with Crippen molar-refractivity contribution in [3.63, 3.8) is 0 Å². The van der Waals surface area contributed by atoms with Crippen LogP contribution in [0.25, 0.3) is 0 Å². The molecule has 1 atom stereocenters. The summed E-state index contributed by atoms with van der Waals surface area (Å²) in [5.74, 6) is 0.941. The predicted octanol–water partition coefficient (Wildman–Crippen LogP) is 3.56. The molecule has 27 heavy (non-hydrogen) atoms. The van der Waals surface area contributed by atoms with Gasteiger partial charge in [0.15, 0.2) is 12.4 Å². The van der Waals surface area contributed by atoms with Gasteiger partial charge in [-0.3, -0.25) is 14.9 Å². The molecular weight excluding hydrogens is 348 g/mol. The number of methoxy groups -OCH3 is 1. The molecule has 0 radical (unpaired) electrons. The van der Waals surface area contributed by atoms with Gasteiger partial charge in [0.1, 0.15) is 5.75 Å². The second kappa shape index (κ2) is 8.07. The van der Waals surface area contributed by atoms with Crippen LogP contribution in [0.4, 0.5) is 5.69 Å². The van der Waals surface area contributed by atoms with Crippen LogP contribution in [0.1, 0.15) is 30.0 Å². The van der Waals surface area contributed by atoms with Crippen LogP contribution < -0.4 is 14.8 Å². The molecule has 7 heteroatoms. The van der Waals surface area contributed by atoms with Crippen LogP contribution in [-0.2, 0) is 4.79 Å². The number of amides is 1. The van der Waals surface area contributed by atoms with Gasteiger partial charge in [0.25, 0.3) is 5.91 Å². The first-order chi connectivity index (χ1) is 13.0. The van der Waals surface area contributed by atoms with Crippen LogP contribution in [0, 0.1) is 23.0 Å². The summed E-state index contributed by atoms with van der Waals surface area (Å²) in [5, 5.41) is 14.1. The smallest absolute Gasteiger partial charge is 0.311 e. The van der Waals surface area contributed by atoms with E-state index < -0.39 is 4.92 Å². The summed E-state index contributed by atoms with van der Waals surface area (Å²) >= 11 is 0. The standard InChI is InChI=1S/C20H22N2O5/c1-13-3-10-18(17(11-13)22(24)25)27-12-19(23)21-20(14-4-5-14)15-6-8-16(26-2)9-7-15/h3,6-11,14,20H,4-5,12H2,1-2H3,(H,21,23). The zero-order valence-electron chi connectivity index (χ0n) is 15.3. The number of nitrogens with zero attached hydrogens (tertiary/aromatic N) is 1. The Hall–Kier alpha value is -3.09. The van der Waals surface area contributed by atoms with E-state index in [1.54, 1.807) is 20.1 Å². The van der Waals surface area contributed by atoms with Gasteiger partial charge < -0.3 is 14.8 Å². The molecule has 1 unspecified atom stereocenters. The third-order valence-electron chi connectivity index (χ3n) is 4.55. The number of carbonyl (C=O) groups excluding carboxylic acids is 1. The lowest BCUT2D eigenvalue weighted by atomic mass is 10.0. The van der Waals surface area contributed by atoms with Crippen molar-refractivity contribution >= 4 is 11.6 Å². The maximum atomic E-state index is 12.4. The Kier molecular flexibility index (Phi) is 5.59. The fourth-order valence-electron chi connectivity index (χ4n) is 2.96. The predicted molar refractivity (Wildman–Crippen MR) is 99.9 cm³/mol. The first-order valence-electron chi connectivity index (χ1n) is 8.79. The molecule has 1 aliphatic rings. The van der Waals surface area contributed by atoms with Crippen LogP contribution in [0.2, 0.25) is 0 Å². The van der Waals surface area contributed by atoms with E-state index in [-0.39, 0.29) is 30.0 Å². The number of aryl methyl sites for hydroxylation is 1. The summed E-state index contributed by atoms with van der Waals surface area (Å²) in [5.41, 5.74) is 1.62. The number of hydrogen-bond acceptors (Lipinski definition) is 5. The summed E-state index contributed by atoms with van der Waals surface area (Å²) in [6, 6.07) is 12.2. The average molecular weight is 370 g/mol. The van der Waals surface area contributed by atoms with Crippen molar-refractivity contribution in [2.24, 2.45) is 5.92 Å². The zero-order valence-corrected chi connectivity index (χ0v) is 15.3. The molecule has 1 N–H and O–H groups in total. The Morgan fingerprint density at radius 1 is 1.26 bits per heavy atom. The summed E-state index contributed by atoms with van der Waals surface area (Å²) in [7, 11) is 1.61. The number of ether oxygens (including phenoxy) is 2. The van der Waals surface area contributed by atoms with Crippen molar-refractivity contribution in [1.29, 1.82) is 0 Å². The highest BCUT2D eigenvalue weighted by molar-refractivity contribution is 5.78. The Morgan fingerprint density at radius 3 is 2.56 bits per heavy atom. The topological polar surface area (TPSA) is 90.7 Å². The number of benzene rings is 2. The zero-order chi connectivity index (χ0) is 19.4. The minimum Gasteiger partial charge on any atom is -0.497 e. The minimum atomic E-state index is -0.509. The SMILES string of the molecule is COc1ccc(C(NC(=O)COc2ccc(C)cc2[N+](=O)[O-])C2CC2)cc1. The Balaban J connectivity index is 1.64. The molecule has 0 saturated heterocycles. The van der Waals surface area contributed by atoms with E-state index in [4.69, 9.17) is 9.47 Å². The number of nitrogens with one attached hydrogen (secondary N) is 1. The van der Waals surface area contributed by atoms with Gasteiger partial charge in [0, 0.05) is 6.07 Å². The molecule has 1 fully saturated rings. The third kappa shape index (κ3) is 4.75. The second-order valence-electron chi connectivity index (χ2n) is 6.67. The highest BCUT2D eigenvalue weighted by Gasteiger charge is 2.33. The first kappa shape index (κ1) is 18.7. The summed E-state index contributed by atoms with van der Waals surface area (Å²) in [4.78, 5) is 23.0. The minimum absolute atomic E-state index is 0.0909. The molecule has 0 aliphatic heterocycles. The lowest BCUT2D eigenvalue weighted by Gasteiger charge is -2.19. The van der Waals surface area contributed by atoms with Gasteiger partial charge in [-0.1, -0.05) is 18.2 Å². The second-order valence-corrected chi connectivity index (χ2v) is 6.67. The molecule has 0 heterocycles. The Labute approximate surface area is 157 Å². The Morgan fingerprint density at radius 2 is 1.96 bits per heavy atom. The maximum absolute atomic E-state index is 12.4. The number of nitro groups is 1. The molecule has 2 aromatic carbocycles. The van der Waals surface area contributed by atoms with Gasteiger partial charge in [0.2, 0.25) is 0 Å². The van der Waals surface area contributed by atoms with Crippen molar-refractivity contribution in [3.8, 4) is 11.5 Å². The highest BCUT2D eigenvalue weighted by atomic mass is 16.6. The summed E-state index contributed by atoms with van der Waals surface area (Å²) in [6.45, 7) is 1.49. The number of carbonyl (C=O) groups is 1. The van der Waals surface area contributed by atoms with Gasteiger partial charge >= 0.3 is 5.69 Å². The highest BCUT2D eigenvalue weighted by Crippen LogP contribution is 2.41. The summed E-state index contributed by atoms with van der Waals surface area (Å²) in [6.07, 6.45) is 2.11. The van der Waals surface area contributed by atoms with E-state index in [1.807, 2.05) is 24.3 Å². The Bertz CT molecular complexity index is 831. The van der Waals surface area contributed by atoms with Crippen LogP contribution in [0.3, 0.4) is 0 Å². The average Bonchev–Trinajstić information content (AvgIpc) is 3.50. The molecular formula is C20H22N2O5. The molecule has 0 bridgehead atoms. The van der Waals surface area contributed by atoms with Gasteiger partial charge in [-0.15, -0.1) is 0 Å². The van der Waals surface area contributed by atoms with E-state index in [9.17, 15) is 14.9 Å².